The van der Waals surface area contributed by atoms with Gasteiger partial charge in [-0.3, -0.25) is 4.79 Å². The lowest BCUT2D eigenvalue weighted by molar-refractivity contribution is -0.116. The number of benzene rings is 1. The number of hydrogen-bond acceptors (Lipinski definition) is 3. The molecule has 4 nitrogen and oxygen atoms in total. The van der Waals surface area contributed by atoms with Crippen LogP contribution >= 0.6 is 0 Å². The molecule has 0 fully saturated rings. The third-order valence-corrected chi connectivity index (χ3v) is 3.14. The fourth-order valence-corrected chi connectivity index (χ4v) is 2.15. The van der Waals surface area contributed by atoms with E-state index in [1.165, 1.54) is 0 Å². The molecule has 4 heteroatoms. The highest BCUT2D eigenvalue weighted by atomic mass is 16.1. The lowest BCUT2D eigenvalue weighted by Gasteiger charge is -2.22. The van der Waals surface area contributed by atoms with Gasteiger partial charge in [0.05, 0.1) is 0 Å². The predicted octanol–water partition coefficient (Wildman–Crippen LogP) is 2.97. The standard InChI is InChI=1S/C16H27N3O/c1-4-19(12-13(2)3)11-5-6-16(20)18-15-9-7-14(17)8-10-15/h7-10,13H,4-6,11-12,17H2,1-3H3,(H,18,20). The average Bonchev–Trinajstić information content (AvgIpc) is 2.40. The van der Waals surface area contributed by atoms with Crippen LogP contribution in [-0.4, -0.2) is 30.4 Å². The summed E-state index contributed by atoms with van der Waals surface area (Å²) in [5.74, 6) is 0.730. The zero-order valence-electron chi connectivity index (χ0n) is 12.9. The molecule has 112 valence electrons. The number of carbonyl (C=O) groups excluding carboxylic acids is 1. The molecule has 0 saturated heterocycles. The molecule has 1 rings (SSSR count). The molecule has 0 spiro atoms. The van der Waals surface area contributed by atoms with E-state index in [0.29, 0.717) is 18.0 Å². The smallest absolute Gasteiger partial charge is 0.224 e. The first kappa shape index (κ1) is 16.5. The van der Waals surface area contributed by atoms with E-state index in [4.69, 9.17) is 5.73 Å². The SMILES string of the molecule is CCN(CCCC(=O)Nc1ccc(N)cc1)CC(C)C. The molecule has 1 amide bonds. The Kier molecular flexibility index (Phi) is 7.09. The maximum atomic E-state index is 11.8. The second-order valence-electron chi connectivity index (χ2n) is 5.56. The van der Waals surface area contributed by atoms with Gasteiger partial charge in [-0.25, -0.2) is 0 Å². The predicted molar refractivity (Wildman–Crippen MR) is 85.7 cm³/mol. The zero-order valence-corrected chi connectivity index (χ0v) is 12.9. The third-order valence-electron chi connectivity index (χ3n) is 3.14. The van der Waals surface area contributed by atoms with Crippen molar-refractivity contribution in [2.75, 3.05) is 30.7 Å². The second kappa shape index (κ2) is 8.59. The lowest BCUT2D eigenvalue weighted by Crippen LogP contribution is -2.29. The molecule has 0 heterocycles. The van der Waals surface area contributed by atoms with Crippen LogP contribution in [0.3, 0.4) is 0 Å². The quantitative estimate of drug-likeness (QED) is 0.718. The number of nitrogens with two attached hydrogens (primary N) is 1. The average molecular weight is 277 g/mol. The van der Waals surface area contributed by atoms with Crippen LogP contribution in [0.25, 0.3) is 0 Å². The monoisotopic (exact) mass is 277 g/mol. The van der Waals surface area contributed by atoms with Gasteiger partial charge >= 0.3 is 0 Å². The van der Waals surface area contributed by atoms with Crippen molar-refractivity contribution in [1.82, 2.24) is 4.90 Å². The molecule has 1 aromatic rings. The van der Waals surface area contributed by atoms with E-state index < -0.39 is 0 Å². The van der Waals surface area contributed by atoms with Crippen molar-refractivity contribution in [3.05, 3.63) is 24.3 Å². The van der Waals surface area contributed by atoms with E-state index in [2.05, 4.69) is 31.0 Å². The van der Waals surface area contributed by atoms with Gasteiger partial charge in [-0.1, -0.05) is 20.8 Å². The molecule has 0 atom stereocenters. The van der Waals surface area contributed by atoms with Crippen LogP contribution in [0.4, 0.5) is 11.4 Å². The van der Waals surface area contributed by atoms with Crippen LogP contribution < -0.4 is 11.1 Å². The Morgan fingerprint density at radius 1 is 1.30 bits per heavy atom. The van der Waals surface area contributed by atoms with Crippen molar-refractivity contribution in [3.63, 3.8) is 0 Å². The number of rotatable bonds is 8. The van der Waals surface area contributed by atoms with Crippen LogP contribution in [0.5, 0.6) is 0 Å². The largest absolute Gasteiger partial charge is 0.399 e. The normalized spacial score (nSPS) is 11.1. The minimum absolute atomic E-state index is 0.0652. The van der Waals surface area contributed by atoms with Gasteiger partial charge in [0.1, 0.15) is 0 Å². The van der Waals surface area contributed by atoms with Crippen molar-refractivity contribution < 1.29 is 4.79 Å². The molecular formula is C16H27N3O. The summed E-state index contributed by atoms with van der Waals surface area (Å²) in [5.41, 5.74) is 7.12. The molecule has 0 aromatic heterocycles. The fraction of sp³-hybridized carbons (Fsp3) is 0.562. The van der Waals surface area contributed by atoms with Crippen LogP contribution in [-0.2, 0) is 4.79 Å². The van der Waals surface area contributed by atoms with Gasteiger partial charge in [-0.05, 0) is 49.7 Å². The Labute approximate surface area is 122 Å². The van der Waals surface area contributed by atoms with Crippen molar-refractivity contribution in [2.45, 2.75) is 33.6 Å². The molecular weight excluding hydrogens is 250 g/mol. The summed E-state index contributed by atoms with van der Waals surface area (Å²) in [6.07, 6.45) is 1.44. The first-order chi connectivity index (χ1) is 9.51. The Morgan fingerprint density at radius 3 is 2.50 bits per heavy atom. The molecule has 0 aliphatic heterocycles. The van der Waals surface area contributed by atoms with Crippen molar-refractivity contribution in [3.8, 4) is 0 Å². The maximum Gasteiger partial charge on any atom is 0.224 e. The van der Waals surface area contributed by atoms with Gasteiger partial charge in [-0.2, -0.15) is 0 Å². The molecule has 0 unspecified atom stereocenters. The molecule has 0 bridgehead atoms. The number of anilines is 2. The minimum atomic E-state index is 0.0652. The Hall–Kier alpha value is -1.55. The first-order valence-corrected chi connectivity index (χ1v) is 7.39. The van der Waals surface area contributed by atoms with Crippen molar-refractivity contribution in [1.29, 1.82) is 0 Å². The van der Waals surface area contributed by atoms with Crippen molar-refractivity contribution in [2.24, 2.45) is 5.92 Å². The van der Waals surface area contributed by atoms with Gasteiger partial charge in [0.25, 0.3) is 0 Å². The Morgan fingerprint density at radius 2 is 1.95 bits per heavy atom. The van der Waals surface area contributed by atoms with Gasteiger partial charge in [-0.15, -0.1) is 0 Å². The lowest BCUT2D eigenvalue weighted by atomic mass is 10.2. The van der Waals surface area contributed by atoms with Gasteiger partial charge in [0.2, 0.25) is 5.91 Å². The number of nitrogens with zero attached hydrogens (tertiary/aromatic N) is 1. The number of amides is 1. The summed E-state index contributed by atoms with van der Waals surface area (Å²) < 4.78 is 0. The van der Waals surface area contributed by atoms with E-state index in [9.17, 15) is 4.79 Å². The summed E-state index contributed by atoms with van der Waals surface area (Å²) in [6, 6.07) is 7.23. The summed E-state index contributed by atoms with van der Waals surface area (Å²) in [6.45, 7) is 9.71. The van der Waals surface area contributed by atoms with Crippen LogP contribution in [0.2, 0.25) is 0 Å². The summed E-state index contributed by atoms with van der Waals surface area (Å²) in [7, 11) is 0. The molecule has 0 aliphatic carbocycles. The molecule has 1 aromatic carbocycles. The van der Waals surface area contributed by atoms with E-state index in [0.717, 1.165) is 31.7 Å². The Bertz CT molecular complexity index is 401. The van der Waals surface area contributed by atoms with E-state index >= 15 is 0 Å². The molecule has 20 heavy (non-hydrogen) atoms. The van der Waals surface area contributed by atoms with Gasteiger partial charge in [0.15, 0.2) is 0 Å². The minimum Gasteiger partial charge on any atom is -0.399 e. The maximum absolute atomic E-state index is 11.8. The summed E-state index contributed by atoms with van der Waals surface area (Å²) in [4.78, 5) is 14.2. The second-order valence-corrected chi connectivity index (χ2v) is 5.56. The number of hydrogen-bond donors (Lipinski definition) is 2. The van der Waals surface area contributed by atoms with E-state index in [1.807, 2.05) is 12.1 Å². The molecule has 0 saturated carbocycles. The topological polar surface area (TPSA) is 58.4 Å². The molecule has 3 N–H and O–H groups in total. The fourth-order valence-electron chi connectivity index (χ4n) is 2.15. The Balaban J connectivity index is 2.27. The highest BCUT2D eigenvalue weighted by Crippen LogP contribution is 2.11. The highest BCUT2D eigenvalue weighted by molar-refractivity contribution is 5.90. The van der Waals surface area contributed by atoms with Crippen LogP contribution in [0.1, 0.15) is 33.6 Å². The van der Waals surface area contributed by atoms with E-state index in [1.54, 1.807) is 12.1 Å². The summed E-state index contributed by atoms with van der Waals surface area (Å²) in [5, 5.41) is 2.89. The molecule has 0 radical (unpaired) electrons. The van der Waals surface area contributed by atoms with E-state index in [-0.39, 0.29) is 5.91 Å². The number of carbonyl (C=O) groups is 1. The van der Waals surface area contributed by atoms with Gasteiger partial charge in [0, 0.05) is 24.3 Å². The van der Waals surface area contributed by atoms with Crippen LogP contribution in [0, 0.1) is 5.92 Å². The number of nitrogens with one attached hydrogen (secondary N) is 1. The first-order valence-electron chi connectivity index (χ1n) is 7.39. The number of nitrogen functional groups attached to an aromatic ring is 1. The molecule has 0 aliphatic rings. The highest BCUT2D eigenvalue weighted by Gasteiger charge is 2.07. The van der Waals surface area contributed by atoms with Crippen molar-refractivity contribution >= 4 is 17.3 Å². The zero-order chi connectivity index (χ0) is 15.0. The van der Waals surface area contributed by atoms with Gasteiger partial charge < -0.3 is 16.0 Å². The third kappa shape index (κ3) is 6.57. The summed E-state index contributed by atoms with van der Waals surface area (Å²) >= 11 is 0. The van der Waals surface area contributed by atoms with Crippen LogP contribution in [0.15, 0.2) is 24.3 Å².